The summed E-state index contributed by atoms with van der Waals surface area (Å²) in [5.41, 5.74) is 14.2. The van der Waals surface area contributed by atoms with Gasteiger partial charge < -0.3 is 26.1 Å². The molecule has 45 heavy (non-hydrogen) atoms. The number of pyridine rings is 1. The number of nitriles is 1. The van der Waals surface area contributed by atoms with Crippen molar-refractivity contribution in [1.29, 1.82) is 5.26 Å². The molecule has 0 aliphatic carbocycles. The molecule has 6 rings (SSSR count). The van der Waals surface area contributed by atoms with Gasteiger partial charge in [0.2, 0.25) is 5.91 Å². The van der Waals surface area contributed by atoms with Crippen LogP contribution in [0, 0.1) is 18.3 Å². The largest absolute Gasteiger partial charge is 0.387 e. The Morgan fingerprint density at radius 2 is 1.93 bits per heavy atom. The average Bonchev–Trinajstić information content (AvgIpc) is 3.70. The van der Waals surface area contributed by atoms with Gasteiger partial charge in [0.1, 0.15) is 12.7 Å². The van der Waals surface area contributed by atoms with Crippen LogP contribution in [0.25, 0.3) is 10.9 Å². The van der Waals surface area contributed by atoms with Crippen LogP contribution in [0.5, 0.6) is 0 Å². The monoisotopic (exact) mass is 642 g/mol. The standard InChI is InChI=1S/C33H32Cl2N8O2/c1-18(2)43-16-29(40-41-43)33(24-6-4-5-20-14-42(15-26(20)24)30(45)17-44)39-23-9-25-31(38-22-8-7-19(3)27(34)10-22)21(12-36)13-37-32(25)28(35)11-23/h4-11,13,16,18,33,39-41,44H,14-15,17H2,1-3H3,(H,37,38)/t33-/m0/s1. The Morgan fingerprint density at radius 3 is 2.64 bits per heavy atom. The van der Waals surface area contributed by atoms with Gasteiger partial charge in [0.15, 0.2) is 0 Å². The molecule has 1 aromatic heterocycles. The second kappa shape index (κ2) is 12.5. The van der Waals surface area contributed by atoms with Gasteiger partial charge in [-0.1, -0.05) is 47.5 Å². The second-order valence-corrected chi connectivity index (χ2v) is 12.2. The van der Waals surface area contributed by atoms with Gasteiger partial charge in [-0.2, -0.15) is 5.26 Å². The highest BCUT2D eigenvalue weighted by Gasteiger charge is 2.31. The highest BCUT2D eigenvalue weighted by atomic mass is 35.5. The van der Waals surface area contributed by atoms with E-state index in [-0.39, 0.29) is 18.0 Å². The lowest BCUT2D eigenvalue weighted by Gasteiger charge is -2.24. The number of aromatic nitrogens is 1. The van der Waals surface area contributed by atoms with Crippen molar-refractivity contribution in [2.45, 2.75) is 45.9 Å². The molecular formula is C33H32Cl2N8O2. The molecule has 2 aliphatic rings. The fourth-order valence-electron chi connectivity index (χ4n) is 5.63. The number of hydrazine groups is 2. The summed E-state index contributed by atoms with van der Waals surface area (Å²) in [5, 5.41) is 30.2. The van der Waals surface area contributed by atoms with E-state index in [9.17, 15) is 15.2 Å². The van der Waals surface area contributed by atoms with E-state index in [0.717, 1.165) is 33.6 Å². The van der Waals surface area contributed by atoms with Crippen molar-refractivity contribution in [1.82, 2.24) is 25.9 Å². The average molecular weight is 644 g/mol. The number of carbonyl (C=O) groups is 1. The molecule has 3 heterocycles. The zero-order valence-corrected chi connectivity index (χ0v) is 26.5. The number of benzene rings is 3. The van der Waals surface area contributed by atoms with E-state index in [1.807, 2.05) is 66.7 Å². The van der Waals surface area contributed by atoms with Crippen molar-refractivity contribution in [3.05, 3.63) is 104 Å². The summed E-state index contributed by atoms with van der Waals surface area (Å²) in [5.74, 6) is -0.315. The second-order valence-electron chi connectivity index (χ2n) is 11.4. The third-order valence-corrected chi connectivity index (χ3v) is 8.79. The number of rotatable bonds is 8. The summed E-state index contributed by atoms with van der Waals surface area (Å²) in [6.45, 7) is 6.36. The molecule has 0 saturated heterocycles. The minimum Gasteiger partial charge on any atom is -0.387 e. The number of aliphatic hydroxyl groups excluding tert-OH is 1. The van der Waals surface area contributed by atoms with Crippen LogP contribution in [0.4, 0.5) is 17.1 Å². The van der Waals surface area contributed by atoms with Crippen LogP contribution in [0.15, 0.2) is 66.6 Å². The number of anilines is 3. The molecule has 2 aliphatic heterocycles. The van der Waals surface area contributed by atoms with Crippen LogP contribution in [-0.2, 0) is 17.9 Å². The van der Waals surface area contributed by atoms with Crippen molar-refractivity contribution >= 4 is 57.1 Å². The highest BCUT2D eigenvalue weighted by molar-refractivity contribution is 6.36. The summed E-state index contributed by atoms with van der Waals surface area (Å²) in [6, 6.07) is 17.4. The van der Waals surface area contributed by atoms with Crippen molar-refractivity contribution in [2.24, 2.45) is 0 Å². The number of nitrogens with one attached hydrogen (secondary N) is 4. The van der Waals surface area contributed by atoms with Gasteiger partial charge in [-0.15, -0.1) is 5.53 Å². The molecule has 0 radical (unpaired) electrons. The SMILES string of the molecule is Cc1ccc(Nc2c(C#N)cnc3c(Cl)cc(N[C@H](C4=CN(C(C)C)NN4)c4cccc5c4CN(C(=O)CO)C5)cc23)cc1Cl. The maximum atomic E-state index is 12.4. The molecule has 0 saturated carbocycles. The number of aliphatic hydroxyl groups is 1. The van der Waals surface area contributed by atoms with Crippen LogP contribution < -0.4 is 21.6 Å². The van der Waals surface area contributed by atoms with E-state index in [1.54, 1.807) is 4.90 Å². The lowest BCUT2D eigenvalue weighted by Crippen LogP contribution is -2.41. The van der Waals surface area contributed by atoms with E-state index >= 15 is 0 Å². The fraction of sp³-hybridized carbons (Fsp3) is 0.242. The Labute approximate surface area is 271 Å². The number of hydrogen-bond acceptors (Lipinski definition) is 9. The number of nitrogens with zero attached hydrogens (tertiary/aromatic N) is 4. The molecule has 0 bridgehead atoms. The number of aryl methyl sites for hydroxylation is 1. The predicted molar refractivity (Wildman–Crippen MR) is 176 cm³/mol. The first kappa shape index (κ1) is 30.5. The minimum atomic E-state index is -0.537. The Kier molecular flexibility index (Phi) is 8.44. The van der Waals surface area contributed by atoms with Crippen molar-refractivity contribution < 1.29 is 9.90 Å². The lowest BCUT2D eigenvalue weighted by molar-refractivity contribution is -0.134. The molecule has 0 spiro atoms. The van der Waals surface area contributed by atoms with Crippen LogP contribution in [0.1, 0.15) is 47.7 Å². The minimum absolute atomic E-state index is 0.185. The maximum Gasteiger partial charge on any atom is 0.248 e. The zero-order valence-electron chi connectivity index (χ0n) is 24.9. The predicted octanol–water partition coefficient (Wildman–Crippen LogP) is 6.03. The van der Waals surface area contributed by atoms with Gasteiger partial charge in [-0.3, -0.25) is 14.8 Å². The van der Waals surface area contributed by atoms with Crippen LogP contribution in [0.2, 0.25) is 10.0 Å². The number of carbonyl (C=O) groups excluding carboxylic acids is 1. The number of hydrogen-bond donors (Lipinski definition) is 5. The van der Waals surface area contributed by atoms with Crippen LogP contribution >= 0.6 is 23.2 Å². The molecule has 0 unspecified atom stereocenters. The molecule has 10 nitrogen and oxygen atoms in total. The van der Waals surface area contributed by atoms with Crippen molar-refractivity contribution in [3.8, 4) is 6.07 Å². The van der Waals surface area contributed by atoms with E-state index in [1.165, 1.54) is 6.20 Å². The van der Waals surface area contributed by atoms with E-state index < -0.39 is 6.61 Å². The quantitative estimate of drug-likeness (QED) is 0.156. The van der Waals surface area contributed by atoms with E-state index in [2.05, 4.69) is 46.5 Å². The first-order valence-electron chi connectivity index (χ1n) is 14.5. The summed E-state index contributed by atoms with van der Waals surface area (Å²) >= 11 is 13.2. The normalized spacial score (nSPS) is 14.7. The first-order valence-corrected chi connectivity index (χ1v) is 15.3. The van der Waals surface area contributed by atoms with Gasteiger partial charge >= 0.3 is 0 Å². The Bertz CT molecular complexity index is 1890. The van der Waals surface area contributed by atoms with Gasteiger partial charge in [0.05, 0.1) is 33.5 Å². The lowest BCUT2D eigenvalue weighted by atomic mass is 9.95. The summed E-state index contributed by atoms with van der Waals surface area (Å²) in [6.07, 6.45) is 3.52. The van der Waals surface area contributed by atoms with Crippen LogP contribution in [0.3, 0.4) is 0 Å². The Morgan fingerprint density at radius 1 is 1.13 bits per heavy atom. The highest BCUT2D eigenvalue weighted by Crippen LogP contribution is 2.39. The molecule has 4 aromatic rings. The number of amides is 1. The van der Waals surface area contributed by atoms with E-state index in [4.69, 9.17) is 23.2 Å². The van der Waals surface area contributed by atoms with Gasteiger partial charge in [0.25, 0.3) is 0 Å². The van der Waals surface area contributed by atoms with Gasteiger partial charge in [-0.05, 0) is 67.3 Å². The van der Waals surface area contributed by atoms with Crippen LogP contribution in [-0.4, -0.2) is 38.6 Å². The molecule has 5 N–H and O–H groups in total. The molecule has 3 aromatic carbocycles. The van der Waals surface area contributed by atoms with Gasteiger partial charge in [0, 0.05) is 53.3 Å². The molecule has 12 heteroatoms. The third-order valence-electron chi connectivity index (χ3n) is 8.09. The fourth-order valence-corrected chi connectivity index (χ4v) is 6.08. The Hall–Kier alpha value is -4.53. The smallest absolute Gasteiger partial charge is 0.248 e. The Balaban J connectivity index is 1.45. The summed E-state index contributed by atoms with van der Waals surface area (Å²) in [7, 11) is 0. The number of fused-ring (bicyclic) bond motifs is 2. The molecule has 0 fully saturated rings. The molecule has 1 amide bonds. The van der Waals surface area contributed by atoms with Crippen molar-refractivity contribution in [2.75, 3.05) is 17.2 Å². The molecule has 230 valence electrons. The number of halogens is 2. The third kappa shape index (κ3) is 5.95. The van der Waals surface area contributed by atoms with Crippen molar-refractivity contribution in [3.63, 3.8) is 0 Å². The zero-order chi connectivity index (χ0) is 31.8. The molecule has 1 atom stereocenters. The molecular weight excluding hydrogens is 611 g/mol. The first-order chi connectivity index (χ1) is 21.7. The maximum absolute atomic E-state index is 12.4. The summed E-state index contributed by atoms with van der Waals surface area (Å²) < 4.78 is 0. The van der Waals surface area contributed by atoms with E-state index in [0.29, 0.717) is 51.0 Å². The summed E-state index contributed by atoms with van der Waals surface area (Å²) in [4.78, 5) is 18.6. The van der Waals surface area contributed by atoms with Gasteiger partial charge in [-0.25, -0.2) is 0 Å². The topological polar surface area (TPSA) is 129 Å².